The smallest absolute Gasteiger partial charge is 0.178 e. The Bertz CT molecular complexity index is 371. The zero-order valence-corrected chi connectivity index (χ0v) is 11.3. The van der Waals surface area contributed by atoms with Gasteiger partial charge in [0.1, 0.15) is 0 Å². The zero-order valence-electron chi connectivity index (χ0n) is 8.13. The van der Waals surface area contributed by atoms with Crippen LogP contribution in [0.5, 0.6) is 0 Å². The molecule has 2 nitrogen and oxygen atoms in total. The van der Waals surface area contributed by atoms with Crippen molar-refractivity contribution in [1.82, 2.24) is 0 Å². The van der Waals surface area contributed by atoms with Gasteiger partial charge in [0, 0.05) is 6.61 Å². The molecule has 0 aliphatic carbocycles. The number of ketones is 1. The van der Waals surface area contributed by atoms with Crippen molar-refractivity contribution < 1.29 is 9.53 Å². The number of halogens is 2. The Labute approximate surface area is 106 Å². The third-order valence-electron chi connectivity index (χ3n) is 2.60. The maximum atomic E-state index is 12.1. The first-order chi connectivity index (χ1) is 7.09. The third kappa shape index (κ3) is 2.28. The maximum absolute atomic E-state index is 12.1. The van der Waals surface area contributed by atoms with Gasteiger partial charge in [-0.3, -0.25) is 4.79 Å². The molecule has 15 heavy (non-hydrogen) atoms. The summed E-state index contributed by atoms with van der Waals surface area (Å²) in [5.74, 6) is 0.143. The van der Waals surface area contributed by atoms with Crippen molar-refractivity contribution in [2.24, 2.45) is 5.92 Å². The quantitative estimate of drug-likeness (QED) is 0.777. The Hall–Kier alpha value is 0.1000. The summed E-state index contributed by atoms with van der Waals surface area (Å²) in [5, 5.41) is 0.606. The van der Waals surface area contributed by atoms with E-state index in [1.807, 2.05) is 6.92 Å². The Morgan fingerprint density at radius 1 is 1.73 bits per heavy atom. The molecule has 1 aliphatic rings. The van der Waals surface area contributed by atoms with Crippen LogP contribution in [0.15, 0.2) is 9.85 Å². The van der Waals surface area contributed by atoms with Crippen molar-refractivity contribution in [3.8, 4) is 0 Å². The highest BCUT2D eigenvalue weighted by Gasteiger charge is 2.32. The van der Waals surface area contributed by atoms with E-state index < -0.39 is 0 Å². The van der Waals surface area contributed by atoms with Gasteiger partial charge in [-0.05, 0) is 35.3 Å². The molecule has 2 unspecified atom stereocenters. The molecule has 0 radical (unpaired) electrons. The van der Waals surface area contributed by atoms with Gasteiger partial charge in [-0.25, -0.2) is 0 Å². The largest absolute Gasteiger partial charge is 0.378 e. The average Bonchev–Trinajstić information content (AvgIpc) is 2.74. The number of thiophene rings is 1. The normalized spacial score (nSPS) is 25.8. The molecule has 5 heteroatoms. The fourth-order valence-corrected chi connectivity index (χ4v) is 3.43. The minimum atomic E-state index is -0.00776. The number of hydrogen-bond donors (Lipinski definition) is 0. The lowest BCUT2D eigenvalue weighted by Gasteiger charge is -2.10. The Balaban J connectivity index is 2.20. The van der Waals surface area contributed by atoms with E-state index in [4.69, 9.17) is 16.3 Å². The van der Waals surface area contributed by atoms with Gasteiger partial charge in [-0.2, -0.15) is 0 Å². The summed E-state index contributed by atoms with van der Waals surface area (Å²) >= 11 is 10.6. The maximum Gasteiger partial charge on any atom is 0.178 e. The van der Waals surface area contributed by atoms with E-state index in [0.717, 1.165) is 10.2 Å². The fraction of sp³-hybridized carbons (Fsp3) is 0.500. The van der Waals surface area contributed by atoms with Crippen LogP contribution in [0.4, 0.5) is 0 Å². The number of Topliss-reactive ketones (excluding diaryl/α,β-unsaturated/α-hetero) is 1. The highest BCUT2D eigenvalue weighted by molar-refractivity contribution is 9.11. The van der Waals surface area contributed by atoms with E-state index in [9.17, 15) is 4.79 Å². The van der Waals surface area contributed by atoms with E-state index in [1.54, 1.807) is 6.07 Å². The minimum Gasteiger partial charge on any atom is -0.378 e. The number of carbonyl (C=O) groups excluding carboxylic acids is 1. The van der Waals surface area contributed by atoms with Crippen LogP contribution in [0.1, 0.15) is 23.0 Å². The summed E-state index contributed by atoms with van der Waals surface area (Å²) in [5.41, 5.74) is 0. The third-order valence-corrected chi connectivity index (χ3v) is 5.09. The van der Waals surface area contributed by atoms with Gasteiger partial charge in [-0.15, -0.1) is 11.3 Å². The molecule has 0 N–H and O–H groups in total. The molecule has 2 heterocycles. The molecule has 0 spiro atoms. The van der Waals surface area contributed by atoms with E-state index in [2.05, 4.69) is 15.9 Å². The van der Waals surface area contributed by atoms with Crippen LogP contribution in [0.25, 0.3) is 0 Å². The molecule has 1 fully saturated rings. The average molecular weight is 310 g/mol. The highest BCUT2D eigenvalue weighted by Crippen LogP contribution is 2.35. The topological polar surface area (TPSA) is 26.3 Å². The summed E-state index contributed by atoms with van der Waals surface area (Å²) in [6.07, 6.45) is 0.838. The number of ether oxygens (including phenoxy) is 1. The lowest BCUT2D eigenvalue weighted by molar-refractivity contribution is 0.0768. The first-order valence-electron chi connectivity index (χ1n) is 4.70. The summed E-state index contributed by atoms with van der Waals surface area (Å²) in [6.45, 7) is 2.62. The molecule has 0 saturated carbocycles. The molecule has 82 valence electrons. The van der Waals surface area contributed by atoms with E-state index >= 15 is 0 Å². The van der Waals surface area contributed by atoms with Crippen molar-refractivity contribution in [1.29, 1.82) is 0 Å². The van der Waals surface area contributed by atoms with Crippen molar-refractivity contribution in [3.05, 3.63) is 19.8 Å². The van der Waals surface area contributed by atoms with Crippen LogP contribution >= 0.6 is 38.9 Å². The first-order valence-corrected chi connectivity index (χ1v) is 6.69. The fourth-order valence-electron chi connectivity index (χ4n) is 1.73. The minimum absolute atomic E-state index is 0.00776. The summed E-state index contributed by atoms with van der Waals surface area (Å²) in [7, 11) is 0. The molecular weight excluding hydrogens is 300 g/mol. The van der Waals surface area contributed by atoms with Crippen molar-refractivity contribution in [3.63, 3.8) is 0 Å². The summed E-state index contributed by atoms with van der Waals surface area (Å²) in [4.78, 5) is 12.8. The predicted octanol–water partition coefficient (Wildman–Crippen LogP) is 3.77. The van der Waals surface area contributed by atoms with Crippen molar-refractivity contribution in [2.75, 3.05) is 6.61 Å². The molecule has 0 aromatic carbocycles. The lowest BCUT2D eigenvalue weighted by atomic mass is 9.96. The van der Waals surface area contributed by atoms with Crippen LogP contribution in [0.2, 0.25) is 5.02 Å². The van der Waals surface area contributed by atoms with Gasteiger partial charge in [-0.1, -0.05) is 11.6 Å². The van der Waals surface area contributed by atoms with Gasteiger partial charge in [0.25, 0.3) is 0 Å². The van der Waals surface area contributed by atoms with E-state index in [1.165, 1.54) is 11.3 Å². The Morgan fingerprint density at radius 2 is 2.47 bits per heavy atom. The molecule has 1 saturated heterocycles. The van der Waals surface area contributed by atoms with Crippen LogP contribution in [0.3, 0.4) is 0 Å². The second-order valence-electron chi connectivity index (χ2n) is 3.57. The van der Waals surface area contributed by atoms with Gasteiger partial charge >= 0.3 is 0 Å². The first kappa shape index (κ1) is 11.6. The summed E-state index contributed by atoms with van der Waals surface area (Å²) in [6, 6.07) is 1.73. The highest BCUT2D eigenvalue weighted by atomic mass is 79.9. The van der Waals surface area contributed by atoms with E-state index in [0.29, 0.717) is 16.5 Å². The standard InChI is InChI=1S/C10H10BrClO2S/c1-5-6(2-3-14-5)9(13)8-4-7(12)10(11)15-8/h4-6H,2-3H2,1H3. The van der Waals surface area contributed by atoms with Gasteiger partial charge in [0.15, 0.2) is 5.78 Å². The SMILES string of the molecule is CC1OCCC1C(=O)c1cc(Cl)c(Br)s1. The van der Waals surface area contributed by atoms with Crippen LogP contribution in [-0.2, 0) is 4.74 Å². The molecule has 1 aromatic rings. The predicted molar refractivity (Wildman–Crippen MR) is 64.9 cm³/mol. The van der Waals surface area contributed by atoms with E-state index in [-0.39, 0.29) is 17.8 Å². The zero-order chi connectivity index (χ0) is 11.0. The molecule has 0 bridgehead atoms. The van der Waals surface area contributed by atoms with Crippen LogP contribution < -0.4 is 0 Å². The second kappa shape index (κ2) is 4.53. The molecule has 0 amide bonds. The molecule has 2 rings (SSSR count). The second-order valence-corrected chi connectivity index (χ2v) is 6.34. The van der Waals surface area contributed by atoms with Crippen LogP contribution in [0, 0.1) is 5.92 Å². The number of rotatable bonds is 2. The van der Waals surface area contributed by atoms with Crippen LogP contribution in [-0.4, -0.2) is 18.5 Å². The molecule has 1 aliphatic heterocycles. The molecule has 1 aromatic heterocycles. The van der Waals surface area contributed by atoms with Crippen molar-refractivity contribution >= 4 is 44.7 Å². The lowest BCUT2D eigenvalue weighted by Crippen LogP contribution is -2.20. The number of carbonyl (C=O) groups is 1. The van der Waals surface area contributed by atoms with Crippen molar-refractivity contribution in [2.45, 2.75) is 19.4 Å². The van der Waals surface area contributed by atoms with Gasteiger partial charge < -0.3 is 4.74 Å². The molecular formula is C10H10BrClO2S. The number of hydrogen-bond acceptors (Lipinski definition) is 3. The summed E-state index contributed by atoms with van der Waals surface area (Å²) < 4.78 is 6.20. The Morgan fingerprint density at radius 3 is 2.93 bits per heavy atom. The van der Waals surface area contributed by atoms with Gasteiger partial charge in [0.05, 0.1) is 25.7 Å². The Kier molecular flexibility index (Phi) is 3.50. The molecule has 2 atom stereocenters. The monoisotopic (exact) mass is 308 g/mol. The van der Waals surface area contributed by atoms with Gasteiger partial charge in [0.2, 0.25) is 0 Å².